The van der Waals surface area contributed by atoms with Gasteiger partial charge in [0, 0.05) is 37.1 Å². The Labute approximate surface area is 250 Å². The van der Waals surface area contributed by atoms with Crippen LogP contribution in [0.3, 0.4) is 0 Å². The number of benzene rings is 1. The number of methoxy groups -OCH3 is 2. The first-order valence-electron chi connectivity index (χ1n) is 16.0. The Morgan fingerprint density at radius 1 is 0.952 bits per heavy atom. The SMILES string of the molecule is COc1cccc(OC)c1-c1cc(C(=O)NC(CCN2C(C)CCCC2C)CC(=O)NC2CCC2)nn1C1CCCC1. The first kappa shape index (κ1) is 30.4. The first-order chi connectivity index (χ1) is 20.4. The largest absolute Gasteiger partial charge is 0.496 e. The molecule has 2 amide bonds. The molecule has 230 valence electrons. The van der Waals surface area contributed by atoms with Crippen molar-refractivity contribution in [2.24, 2.45) is 0 Å². The number of nitrogens with zero attached hydrogens (tertiary/aromatic N) is 3. The van der Waals surface area contributed by atoms with E-state index in [1.807, 2.05) is 28.9 Å². The molecule has 2 aromatic rings. The molecule has 3 aliphatic rings. The average Bonchev–Trinajstić information content (AvgIpc) is 3.64. The van der Waals surface area contributed by atoms with Crippen LogP contribution in [0.4, 0.5) is 0 Å². The summed E-state index contributed by atoms with van der Waals surface area (Å²) in [6, 6.07) is 8.79. The zero-order valence-corrected chi connectivity index (χ0v) is 25.9. The summed E-state index contributed by atoms with van der Waals surface area (Å²) in [6.45, 7) is 5.43. The van der Waals surface area contributed by atoms with E-state index in [1.54, 1.807) is 14.2 Å². The normalized spacial score (nSPS) is 22.4. The molecule has 2 heterocycles. The van der Waals surface area contributed by atoms with Gasteiger partial charge in [-0.15, -0.1) is 0 Å². The minimum atomic E-state index is -0.278. The van der Waals surface area contributed by atoms with Gasteiger partial charge >= 0.3 is 0 Å². The summed E-state index contributed by atoms with van der Waals surface area (Å²) in [6.07, 6.45) is 12.2. The van der Waals surface area contributed by atoms with E-state index in [4.69, 9.17) is 14.6 Å². The summed E-state index contributed by atoms with van der Waals surface area (Å²) in [7, 11) is 3.29. The number of hydrogen-bond acceptors (Lipinski definition) is 6. The summed E-state index contributed by atoms with van der Waals surface area (Å²) >= 11 is 0. The molecule has 1 aliphatic heterocycles. The van der Waals surface area contributed by atoms with Crippen LogP contribution < -0.4 is 20.1 Å². The zero-order chi connectivity index (χ0) is 29.6. The number of nitrogens with one attached hydrogen (secondary N) is 2. The van der Waals surface area contributed by atoms with E-state index in [2.05, 4.69) is 29.4 Å². The molecule has 1 aromatic carbocycles. The molecule has 9 nitrogen and oxygen atoms in total. The maximum atomic E-state index is 13.8. The summed E-state index contributed by atoms with van der Waals surface area (Å²) in [5.41, 5.74) is 1.97. The van der Waals surface area contributed by atoms with E-state index in [0.29, 0.717) is 29.3 Å². The standard InChI is InChI=1S/C33H49N5O4/c1-22-10-7-11-23(2)37(22)19-18-25(20-31(39)34-24-12-8-13-24)35-33(40)27-21-28(38(36-27)26-14-5-6-15-26)32-29(41-3)16-9-17-30(32)42-4/h9,16-17,21-26H,5-8,10-15,18-20H2,1-4H3,(H,34,39)(H,35,40). The van der Waals surface area contributed by atoms with Gasteiger partial charge in [-0.05, 0) is 83.4 Å². The van der Waals surface area contributed by atoms with Crippen LogP contribution in [0.25, 0.3) is 11.3 Å². The van der Waals surface area contributed by atoms with Gasteiger partial charge in [0.25, 0.3) is 5.91 Å². The second-order valence-corrected chi connectivity index (χ2v) is 12.6. The topological polar surface area (TPSA) is 97.7 Å². The van der Waals surface area contributed by atoms with Crippen LogP contribution >= 0.6 is 0 Å². The van der Waals surface area contributed by atoms with Crippen LogP contribution in [0.15, 0.2) is 24.3 Å². The summed E-state index contributed by atoms with van der Waals surface area (Å²) < 4.78 is 13.4. The molecule has 3 fully saturated rings. The molecular formula is C33H49N5O4. The number of ether oxygens (including phenoxy) is 2. The third-order valence-electron chi connectivity index (χ3n) is 9.67. The minimum absolute atomic E-state index is 0.0145. The monoisotopic (exact) mass is 579 g/mol. The Hall–Kier alpha value is -3.07. The fourth-order valence-electron chi connectivity index (χ4n) is 6.99. The van der Waals surface area contributed by atoms with Crippen LogP contribution in [0.2, 0.25) is 0 Å². The first-order valence-corrected chi connectivity index (χ1v) is 16.0. The van der Waals surface area contributed by atoms with Crippen molar-refractivity contribution in [1.29, 1.82) is 0 Å². The van der Waals surface area contributed by atoms with Crippen molar-refractivity contribution in [2.45, 2.75) is 121 Å². The van der Waals surface area contributed by atoms with Gasteiger partial charge in [-0.3, -0.25) is 19.2 Å². The van der Waals surface area contributed by atoms with Crippen molar-refractivity contribution >= 4 is 11.8 Å². The Morgan fingerprint density at radius 2 is 1.60 bits per heavy atom. The molecule has 42 heavy (non-hydrogen) atoms. The third kappa shape index (κ3) is 6.93. The Balaban J connectivity index is 1.39. The second kappa shape index (κ2) is 13.9. The van der Waals surface area contributed by atoms with E-state index in [9.17, 15) is 9.59 Å². The number of amides is 2. The second-order valence-electron chi connectivity index (χ2n) is 12.6. The van der Waals surface area contributed by atoms with Crippen molar-refractivity contribution < 1.29 is 19.1 Å². The quantitative estimate of drug-likeness (QED) is 0.345. The van der Waals surface area contributed by atoms with E-state index in [0.717, 1.165) is 62.7 Å². The van der Waals surface area contributed by atoms with Crippen molar-refractivity contribution in [3.05, 3.63) is 30.0 Å². The van der Waals surface area contributed by atoms with Gasteiger partial charge < -0.3 is 20.1 Å². The molecule has 3 atom stereocenters. The summed E-state index contributed by atoms with van der Waals surface area (Å²) in [5, 5.41) is 11.3. The lowest BCUT2D eigenvalue weighted by Gasteiger charge is -2.39. The predicted octanol–water partition coefficient (Wildman–Crippen LogP) is 5.49. The fraction of sp³-hybridized carbons (Fsp3) is 0.667. The van der Waals surface area contributed by atoms with Gasteiger partial charge in [-0.25, -0.2) is 0 Å². The summed E-state index contributed by atoms with van der Waals surface area (Å²) in [4.78, 5) is 29.4. The highest BCUT2D eigenvalue weighted by Gasteiger charge is 2.30. The van der Waals surface area contributed by atoms with E-state index in [-0.39, 0.29) is 36.4 Å². The van der Waals surface area contributed by atoms with Crippen LogP contribution in [-0.2, 0) is 4.79 Å². The van der Waals surface area contributed by atoms with Gasteiger partial charge in [-0.2, -0.15) is 5.10 Å². The van der Waals surface area contributed by atoms with Gasteiger partial charge in [0.1, 0.15) is 11.5 Å². The van der Waals surface area contributed by atoms with Crippen LogP contribution in [0.5, 0.6) is 11.5 Å². The lowest BCUT2D eigenvalue weighted by molar-refractivity contribution is -0.122. The zero-order valence-electron chi connectivity index (χ0n) is 25.9. The maximum absolute atomic E-state index is 13.8. The number of likely N-dealkylation sites (tertiary alicyclic amines) is 1. The Morgan fingerprint density at radius 3 is 2.19 bits per heavy atom. The molecule has 2 N–H and O–H groups in total. The van der Waals surface area contributed by atoms with Crippen LogP contribution in [0.1, 0.15) is 107 Å². The number of aromatic nitrogens is 2. The van der Waals surface area contributed by atoms with E-state index in [1.165, 1.54) is 25.7 Å². The Bertz CT molecular complexity index is 1190. The van der Waals surface area contributed by atoms with Crippen LogP contribution in [-0.4, -0.2) is 71.4 Å². The molecule has 2 aliphatic carbocycles. The van der Waals surface area contributed by atoms with Gasteiger partial charge in [0.15, 0.2) is 5.69 Å². The van der Waals surface area contributed by atoms with E-state index >= 15 is 0 Å². The lowest BCUT2D eigenvalue weighted by atomic mass is 9.93. The van der Waals surface area contributed by atoms with Gasteiger partial charge in [0.05, 0.1) is 31.5 Å². The van der Waals surface area contributed by atoms with Crippen molar-refractivity contribution in [1.82, 2.24) is 25.3 Å². The number of piperidine rings is 1. The molecular weight excluding hydrogens is 530 g/mol. The maximum Gasteiger partial charge on any atom is 0.272 e. The molecule has 1 aromatic heterocycles. The number of rotatable bonds is 12. The predicted molar refractivity (Wildman–Crippen MR) is 164 cm³/mol. The molecule has 2 saturated carbocycles. The average molecular weight is 580 g/mol. The minimum Gasteiger partial charge on any atom is -0.496 e. The smallest absolute Gasteiger partial charge is 0.272 e. The fourth-order valence-corrected chi connectivity index (χ4v) is 6.99. The molecule has 3 unspecified atom stereocenters. The van der Waals surface area contributed by atoms with Crippen molar-refractivity contribution in [3.8, 4) is 22.8 Å². The van der Waals surface area contributed by atoms with E-state index < -0.39 is 0 Å². The number of carbonyl (C=O) groups is 2. The molecule has 9 heteroatoms. The lowest BCUT2D eigenvalue weighted by Crippen LogP contribution is -2.48. The highest BCUT2D eigenvalue weighted by atomic mass is 16.5. The third-order valence-corrected chi connectivity index (χ3v) is 9.67. The Kier molecular flexibility index (Phi) is 10.1. The number of carbonyl (C=O) groups excluding carboxylic acids is 2. The molecule has 0 radical (unpaired) electrons. The molecule has 5 rings (SSSR count). The van der Waals surface area contributed by atoms with Gasteiger partial charge in [0.2, 0.25) is 5.91 Å². The summed E-state index contributed by atoms with van der Waals surface area (Å²) in [5.74, 6) is 1.12. The highest BCUT2D eigenvalue weighted by Crippen LogP contribution is 2.41. The van der Waals surface area contributed by atoms with Crippen molar-refractivity contribution in [2.75, 3.05) is 20.8 Å². The van der Waals surface area contributed by atoms with Crippen LogP contribution in [0, 0.1) is 0 Å². The molecule has 0 bridgehead atoms. The van der Waals surface area contributed by atoms with Gasteiger partial charge in [-0.1, -0.05) is 25.3 Å². The highest BCUT2D eigenvalue weighted by molar-refractivity contribution is 5.94. The molecule has 1 saturated heterocycles. The molecule has 0 spiro atoms. The van der Waals surface area contributed by atoms with Crippen molar-refractivity contribution in [3.63, 3.8) is 0 Å². The number of hydrogen-bond donors (Lipinski definition) is 2.